The van der Waals surface area contributed by atoms with E-state index in [0.29, 0.717) is 6.54 Å². The van der Waals surface area contributed by atoms with Crippen LogP contribution in [0.25, 0.3) is 0 Å². The number of carbonyl (C=O) groups excluding carboxylic acids is 1. The van der Waals surface area contributed by atoms with E-state index in [4.69, 9.17) is 9.47 Å². The minimum Gasteiger partial charge on any atom is -0.497 e. The van der Waals surface area contributed by atoms with Gasteiger partial charge in [0.05, 0.1) is 32.9 Å². The average molecular weight is 400 g/mol. The van der Waals surface area contributed by atoms with Gasteiger partial charge in [-0.1, -0.05) is 12.1 Å². The predicted octanol–water partition coefficient (Wildman–Crippen LogP) is 1.27. The van der Waals surface area contributed by atoms with E-state index < -0.39 is 0 Å². The van der Waals surface area contributed by atoms with Crippen LogP contribution in [-0.2, 0) is 22.6 Å². The van der Waals surface area contributed by atoms with Crippen LogP contribution in [0.2, 0.25) is 0 Å². The second-order valence-electron chi connectivity index (χ2n) is 7.52. The van der Waals surface area contributed by atoms with Crippen molar-refractivity contribution in [1.29, 1.82) is 0 Å². The fourth-order valence-electron chi connectivity index (χ4n) is 4.06. The van der Waals surface area contributed by atoms with Crippen molar-refractivity contribution in [1.82, 2.24) is 30.0 Å². The van der Waals surface area contributed by atoms with Crippen LogP contribution in [0.15, 0.2) is 24.3 Å². The maximum Gasteiger partial charge on any atom is 0.244 e. The maximum atomic E-state index is 13.2. The number of piperidine rings is 1. The van der Waals surface area contributed by atoms with E-state index >= 15 is 0 Å². The van der Waals surface area contributed by atoms with Crippen molar-refractivity contribution >= 4 is 5.91 Å². The minimum absolute atomic E-state index is 0.0491. The SMILES string of the molecule is COc1cccc([C@@H]2CCCCN2C(=O)Cn2nnnc2CN2CCOCC2)c1. The minimum atomic E-state index is 0.0491. The van der Waals surface area contributed by atoms with E-state index in [1.807, 2.05) is 23.1 Å². The molecule has 29 heavy (non-hydrogen) atoms. The number of amides is 1. The maximum absolute atomic E-state index is 13.2. The molecule has 1 atom stereocenters. The molecule has 1 aromatic carbocycles. The highest BCUT2D eigenvalue weighted by atomic mass is 16.5. The number of ether oxygens (including phenoxy) is 2. The second-order valence-corrected chi connectivity index (χ2v) is 7.52. The summed E-state index contributed by atoms with van der Waals surface area (Å²) in [5.41, 5.74) is 1.11. The number of hydrogen-bond donors (Lipinski definition) is 0. The Hall–Kier alpha value is -2.52. The van der Waals surface area contributed by atoms with Gasteiger partial charge in [-0.3, -0.25) is 9.69 Å². The normalized spacial score (nSPS) is 20.6. The molecule has 0 aliphatic carbocycles. The Kier molecular flexibility index (Phi) is 6.36. The fourth-order valence-corrected chi connectivity index (χ4v) is 4.06. The summed E-state index contributed by atoms with van der Waals surface area (Å²) >= 11 is 0. The van der Waals surface area contributed by atoms with Gasteiger partial charge in [-0.25, -0.2) is 4.68 Å². The summed E-state index contributed by atoms with van der Waals surface area (Å²) in [6.45, 7) is 4.68. The summed E-state index contributed by atoms with van der Waals surface area (Å²) in [6.07, 6.45) is 3.08. The average Bonchev–Trinajstić information content (AvgIpc) is 3.21. The molecule has 0 saturated carbocycles. The summed E-state index contributed by atoms with van der Waals surface area (Å²) in [6, 6.07) is 8.06. The first kappa shape index (κ1) is 19.8. The molecule has 0 spiro atoms. The van der Waals surface area contributed by atoms with Crippen LogP contribution in [0, 0.1) is 0 Å². The highest BCUT2D eigenvalue weighted by Gasteiger charge is 2.29. The molecular weight excluding hydrogens is 372 g/mol. The van der Waals surface area contributed by atoms with Gasteiger partial charge in [0.15, 0.2) is 5.82 Å². The van der Waals surface area contributed by atoms with Crippen molar-refractivity contribution < 1.29 is 14.3 Å². The number of hydrogen-bond acceptors (Lipinski definition) is 7. The van der Waals surface area contributed by atoms with E-state index in [1.165, 1.54) is 0 Å². The van der Waals surface area contributed by atoms with Gasteiger partial charge < -0.3 is 14.4 Å². The number of tetrazole rings is 1. The number of nitrogens with zero attached hydrogens (tertiary/aromatic N) is 6. The van der Waals surface area contributed by atoms with Gasteiger partial charge in [0, 0.05) is 19.6 Å². The third kappa shape index (κ3) is 4.73. The zero-order chi connectivity index (χ0) is 20.1. The first-order valence-electron chi connectivity index (χ1n) is 10.2. The summed E-state index contributed by atoms with van der Waals surface area (Å²) in [5, 5.41) is 12.0. The number of methoxy groups -OCH3 is 1. The lowest BCUT2D eigenvalue weighted by Gasteiger charge is -2.36. The monoisotopic (exact) mass is 400 g/mol. The number of aromatic nitrogens is 4. The van der Waals surface area contributed by atoms with Crippen LogP contribution in [-0.4, -0.2) is 75.9 Å². The molecule has 2 aliphatic heterocycles. The van der Waals surface area contributed by atoms with Crippen molar-refractivity contribution in [3.63, 3.8) is 0 Å². The topological polar surface area (TPSA) is 85.6 Å². The molecule has 9 nitrogen and oxygen atoms in total. The third-order valence-corrected chi connectivity index (χ3v) is 5.66. The van der Waals surface area contributed by atoms with Gasteiger partial charge in [0.2, 0.25) is 5.91 Å². The van der Waals surface area contributed by atoms with E-state index in [2.05, 4.69) is 26.5 Å². The van der Waals surface area contributed by atoms with Gasteiger partial charge in [0.25, 0.3) is 0 Å². The molecule has 2 aromatic rings. The van der Waals surface area contributed by atoms with Gasteiger partial charge in [-0.2, -0.15) is 0 Å². The molecule has 2 saturated heterocycles. The molecule has 1 aromatic heterocycles. The van der Waals surface area contributed by atoms with Crippen molar-refractivity contribution in [2.75, 3.05) is 40.0 Å². The van der Waals surface area contributed by atoms with Crippen LogP contribution < -0.4 is 4.74 Å². The molecule has 0 unspecified atom stereocenters. The Morgan fingerprint density at radius 3 is 2.93 bits per heavy atom. The van der Waals surface area contributed by atoms with E-state index in [9.17, 15) is 4.79 Å². The lowest BCUT2D eigenvalue weighted by molar-refractivity contribution is -0.136. The highest BCUT2D eigenvalue weighted by Crippen LogP contribution is 2.32. The van der Waals surface area contributed by atoms with E-state index in [0.717, 1.165) is 69.2 Å². The third-order valence-electron chi connectivity index (χ3n) is 5.66. The summed E-state index contributed by atoms with van der Waals surface area (Å²) in [7, 11) is 1.66. The first-order chi connectivity index (χ1) is 14.2. The van der Waals surface area contributed by atoms with Gasteiger partial charge in [-0.05, 0) is 47.4 Å². The summed E-state index contributed by atoms with van der Waals surface area (Å²) in [5.74, 6) is 1.58. The molecule has 1 amide bonds. The number of morpholine rings is 1. The Morgan fingerprint density at radius 2 is 2.10 bits per heavy atom. The standard InChI is InChI=1S/C20H28N6O3/c1-28-17-6-4-5-16(13-17)18-7-2-3-8-25(18)20(27)15-26-19(21-22-23-26)14-24-9-11-29-12-10-24/h4-6,13,18H,2-3,7-12,14-15H2,1H3/t18-/m0/s1. The van der Waals surface area contributed by atoms with Crippen LogP contribution in [0.5, 0.6) is 5.75 Å². The molecule has 0 radical (unpaired) electrons. The van der Waals surface area contributed by atoms with E-state index in [-0.39, 0.29) is 18.5 Å². The number of carbonyl (C=O) groups is 1. The summed E-state index contributed by atoms with van der Waals surface area (Å²) < 4.78 is 12.4. The Balaban J connectivity index is 1.46. The lowest BCUT2D eigenvalue weighted by Crippen LogP contribution is -2.41. The number of rotatable bonds is 6. The Bertz CT molecular complexity index is 820. The lowest BCUT2D eigenvalue weighted by atomic mass is 9.95. The molecule has 156 valence electrons. The molecule has 9 heteroatoms. The van der Waals surface area contributed by atoms with Crippen LogP contribution in [0.3, 0.4) is 0 Å². The Labute approximate surface area is 170 Å². The molecule has 2 aliphatic rings. The first-order valence-corrected chi connectivity index (χ1v) is 10.2. The van der Waals surface area contributed by atoms with Crippen molar-refractivity contribution in [2.45, 2.75) is 38.4 Å². The van der Waals surface area contributed by atoms with Crippen molar-refractivity contribution in [2.24, 2.45) is 0 Å². The molecule has 3 heterocycles. The molecule has 0 N–H and O–H groups in total. The quantitative estimate of drug-likeness (QED) is 0.722. The summed E-state index contributed by atoms with van der Waals surface area (Å²) in [4.78, 5) is 17.4. The van der Waals surface area contributed by atoms with Gasteiger partial charge >= 0.3 is 0 Å². The van der Waals surface area contributed by atoms with Gasteiger partial charge in [-0.15, -0.1) is 5.10 Å². The van der Waals surface area contributed by atoms with Gasteiger partial charge in [0.1, 0.15) is 12.3 Å². The molecule has 4 rings (SSSR count). The Morgan fingerprint density at radius 1 is 1.24 bits per heavy atom. The second kappa shape index (κ2) is 9.32. The largest absolute Gasteiger partial charge is 0.497 e. The highest BCUT2D eigenvalue weighted by molar-refractivity contribution is 5.76. The molecule has 0 bridgehead atoms. The number of likely N-dealkylation sites (tertiary alicyclic amines) is 1. The van der Waals surface area contributed by atoms with Crippen molar-refractivity contribution in [3.05, 3.63) is 35.7 Å². The number of benzene rings is 1. The zero-order valence-electron chi connectivity index (χ0n) is 16.9. The molecular formula is C20H28N6O3. The van der Waals surface area contributed by atoms with Crippen molar-refractivity contribution in [3.8, 4) is 5.75 Å². The predicted molar refractivity (Wildman–Crippen MR) is 105 cm³/mol. The molecule has 2 fully saturated rings. The fraction of sp³-hybridized carbons (Fsp3) is 0.600. The van der Waals surface area contributed by atoms with Crippen LogP contribution >= 0.6 is 0 Å². The smallest absolute Gasteiger partial charge is 0.244 e. The zero-order valence-corrected chi connectivity index (χ0v) is 16.9. The van der Waals surface area contributed by atoms with E-state index in [1.54, 1.807) is 11.8 Å². The van der Waals surface area contributed by atoms with Crippen LogP contribution in [0.1, 0.15) is 36.7 Å². The van der Waals surface area contributed by atoms with Crippen LogP contribution in [0.4, 0.5) is 0 Å².